The smallest absolute Gasteiger partial charge is 0.243 e. The zero-order chi connectivity index (χ0) is 10.6. The minimum absolute atomic E-state index is 0.182. The van der Waals surface area contributed by atoms with E-state index < -0.39 is 0 Å². The maximum Gasteiger partial charge on any atom is 0.243 e. The van der Waals surface area contributed by atoms with E-state index in [0.29, 0.717) is 30.7 Å². The van der Waals surface area contributed by atoms with E-state index in [4.69, 9.17) is 15.0 Å². The topological polar surface area (TPSA) is 74.2 Å². The molecular formula is C9H17N3O2. The molecule has 0 spiro atoms. The Hall–Kier alpha value is -0.940. The molecule has 1 rings (SSSR count). The normalized spacial score (nSPS) is 13.5. The molecule has 0 fully saturated rings. The first kappa shape index (κ1) is 11.1. The highest BCUT2D eigenvalue weighted by atomic mass is 16.5. The molecule has 0 aliphatic carbocycles. The molecule has 0 bridgehead atoms. The number of ether oxygens (including phenoxy) is 1. The summed E-state index contributed by atoms with van der Waals surface area (Å²) in [4.78, 5) is 4.19. The monoisotopic (exact) mass is 199 g/mol. The fourth-order valence-electron chi connectivity index (χ4n) is 0.983. The molecule has 0 unspecified atom stereocenters. The molecule has 1 atom stereocenters. The second-order valence-corrected chi connectivity index (χ2v) is 3.56. The number of aromatic nitrogens is 2. The van der Waals surface area contributed by atoms with Gasteiger partial charge in [0.15, 0.2) is 5.82 Å². The maximum absolute atomic E-state index is 5.85. The molecule has 0 saturated heterocycles. The minimum atomic E-state index is -0.182. The Balaban J connectivity index is 2.58. The number of nitrogens with two attached hydrogens (primary N) is 1. The molecule has 1 aromatic heterocycles. The Morgan fingerprint density at radius 1 is 1.50 bits per heavy atom. The second kappa shape index (κ2) is 5.07. The summed E-state index contributed by atoms with van der Waals surface area (Å²) in [7, 11) is 1.64. The molecule has 5 nitrogen and oxygen atoms in total. The molecule has 0 aromatic carbocycles. The minimum Gasteiger partial charge on any atom is -0.384 e. The Kier molecular flexibility index (Phi) is 4.03. The molecule has 0 aliphatic rings. The zero-order valence-electron chi connectivity index (χ0n) is 8.86. The Morgan fingerprint density at radius 2 is 2.21 bits per heavy atom. The summed E-state index contributed by atoms with van der Waals surface area (Å²) in [6, 6.07) is -0.182. The van der Waals surface area contributed by atoms with Crippen LogP contribution in [-0.2, 0) is 11.2 Å². The van der Waals surface area contributed by atoms with Crippen LogP contribution in [0.3, 0.4) is 0 Å². The predicted octanol–water partition coefficient (Wildman–Crippen LogP) is 0.914. The van der Waals surface area contributed by atoms with Crippen molar-refractivity contribution >= 4 is 0 Å². The Bertz CT molecular complexity index is 273. The molecule has 0 amide bonds. The molecule has 80 valence electrons. The average Bonchev–Trinajstić information content (AvgIpc) is 2.61. The first-order chi connectivity index (χ1) is 6.65. The third-order valence-electron chi connectivity index (χ3n) is 2.02. The van der Waals surface area contributed by atoms with Crippen molar-refractivity contribution in [1.82, 2.24) is 10.1 Å². The van der Waals surface area contributed by atoms with Crippen LogP contribution in [-0.4, -0.2) is 23.9 Å². The van der Waals surface area contributed by atoms with Gasteiger partial charge < -0.3 is 15.0 Å². The largest absolute Gasteiger partial charge is 0.384 e. The highest BCUT2D eigenvalue weighted by Crippen LogP contribution is 2.16. The van der Waals surface area contributed by atoms with Gasteiger partial charge in [-0.1, -0.05) is 19.0 Å². The van der Waals surface area contributed by atoms with Gasteiger partial charge >= 0.3 is 0 Å². The fourth-order valence-corrected chi connectivity index (χ4v) is 0.983. The third-order valence-corrected chi connectivity index (χ3v) is 2.02. The van der Waals surface area contributed by atoms with E-state index in [1.165, 1.54) is 0 Å². The van der Waals surface area contributed by atoms with Gasteiger partial charge in [-0.05, 0) is 5.92 Å². The Morgan fingerprint density at radius 3 is 2.79 bits per heavy atom. The SMILES string of the molecule is COCCc1noc([C@@H](N)C(C)C)n1. The van der Waals surface area contributed by atoms with Gasteiger partial charge in [-0.15, -0.1) is 0 Å². The van der Waals surface area contributed by atoms with Crippen LogP contribution in [0, 0.1) is 5.92 Å². The molecule has 0 aliphatic heterocycles. The van der Waals surface area contributed by atoms with Crippen LogP contribution in [0.15, 0.2) is 4.52 Å². The lowest BCUT2D eigenvalue weighted by atomic mass is 10.1. The molecule has 0 saturated carbocycles. The van der Waals surface area contributed by atoms with Crippen molar-refractivity contribution < 1.29 is 9.26 Å². The third kappa shape index (κ3) is 2.78. The van der Waals surface area contributed by atoms with Gasteiger partial charge in [0, 0.05) is 13.5 Å². The van der Waals surface area contributed by atoms with Gasteiger partial charge in [0.1, 0.15) is 0 Å². The molecule has 5 heteroatoms. The van der Waals surface area contributed by atoms with Crippen molar-refractivity contribution in [2.24, 2.45) is 11.7 Å². The molecule has 1 aromatic rings. The second-order valence-electron chi connectivity index (χ2n) is 3.56. The van der Waals surface area contributed by atoms with E-state index >= 15 is 0 Å². The molecule has 1 heterocycles. The maximum atomic E-state index is 5.85. The summed E-state index contributed by atoms with van der Waals surface area (Å²) < 4.78 is 9.95. The molecule has 0 radical (unpaired) electrons. The molecule has 2 N–H and O–H groups in total. The van der Waals surface area contributed by atoms with Crippen LogP contribution >= 0.6 is 0 Å². The molecular weight excluding hydrogens is 182 g/mol. The summed E-state index contributed by atoms with van der Waals surface area (Å²) >= 11 is 0. The van der Waals surface area contributed by atoms with Gasteiger partial charge in [-0.3, -0.25) is 0 Å². The summed E-state index contributed by atoms with van der Waals surface area (Å²) in [6.45, 7) is 4.63. The first-order valence-corrected chi connectivity index (χ1v) is 4.72. The lowest BCUT2D eigenvalue weighted by Gasteiger charge is -2.09. The van der Waals surface area contributed by atoms with Gasteiger partial charge in [-0.25, -0.2) is 0 Å². The van der Waals surface area contributed by atoms with Crippen LogP contribution in [0.25, 0.3) is 0 Å². The van der Waals surface area contributed by atoms with Crippen molar-refractivity contribution in [1.29, 1.82) is 0 Å². The lowest BCUT2D eigenvalue weighted by molar-refractivity contribution is 0.199. The number of methoxy groups -OCH3 is 1. The van der Waals surface area contributed by atoms with Crippen LogP contribution in [0.2, 0.25) is 0 Å². The summed E-state index contributed by atoms with van der Waals surface area (Å²) in [6.07, 6.45) is 0.658. The fraction of sp³-hybridized carbons (Fsp3) is 0.778. The number of hydrogen-bond acceptors (Lipinski definition) is 5. The van der Waals surface area contributed by atoms with Crippen molar-refractivity contribution in [3.8, 4) is 0 Å². The zero-order valence-corrected chi connectivity index (χ0v) is 8.86. The quantitative estimate of drug-likeness (QED) is 0.763. The van der Waals surface area contributed by atoms with Gasteiger partial charge in [0.25, 0.3) is 0 Å². The van der Waals surface area contributed by atoms with Gasteiger partial charge in [-0.2, -0.15) is 4.98 Å². The number of hydrogen-bond donors (Lipinski definition) is 1. The van der Waals surface area contributed by atoms with E-state index in [1.54, 1.807) is 7.11 Å². The van der Waals surface area contributed by atoms with Crippen molar-refractivity contribution in [2.75, 3.05) is 13.7 Å². The number of nitrogens with zero attached hydrogens (tertiary/aromatic N) is 2. The molecule has 14 heavy (non-hydrogen) atoms. The van der Waals surface area contributed by atoms with E-state index in [-0.39, 0.29) is 6.04 Å². The van der Waals surface area contributed by atoms with Crippen molar-refractivity contribution in [2.45, 2.75) is 26.3 Å². The Labute approximate surface area is 83.6 Å². The summed E-state index contributed by atoms with van der Waals surface area (Å²) in [5.74, 6) is 1.45. The van der Waals surface area contributed by atoms with E-state index in [1.807, 2.05) is 13.8 Å². The highest BCUT2D eigenvalue weighted by molar-refractivity contribution is 4.93. The average molecular weight is 199 g/mol. The van der Waals surface area contributed by atoms with E-state index in [2.05, 4.69) is 10.1 Å². The van der Waals surface area contributed by atoms with Crippen LogP contribution in [0.4, 0.5) is 0 Å². The van der Waals surface area contributed by atoms with E-state index in [9.17, 15) is 0 Å². The predicted molar refractivity (Wildman–Crippen MR) is 51.6 cm³/mol. The standard InChI is InChI=1S/C9H17N3O2/c1-6(2)8(10)9-11-7(12-14-9)4-5-13-3/h6,8H,4-5,10H2,1-3H3/t8-/m0/s1. The summed E-state index contributed by atoms with van der Waals surface area (Å²) in [5, 5.41) is 3.81. The van der Waals surface area contributed by atoms with Gasteiger partial charge in [0.2, 0.25) is 5.89 Å². The first-order valence-electron chi connectivity index (χ1n) is 4.72. The van der Waals surface area contributed by atoms with Crippen molar-refractivity contribution in [3.05, 3.63) is 11.7 Å². The lowest BCUT2D eigenvalue weighted by Crippen LogP contribution is -2.17. The van der Waals surface area contributed by atoms with Gasteiger partial charge in [0.05, 0.1) is 12.6 Å². The van der Waals surface area contributed by atoms with E-state index in [0.717, 1.165) is 0 Å². The number of rotatable bonds is 5. The van der Waals surface area contributed by atoms with Crippen molar-refractivity contribution in [3.63, 3.8) is 0 Å². The summed E-state index contributed by atoms with van der Waals surface area (Å²) in [5.41, 5.74) is 5.85. The van der Waals surface area contributed by atoms with Crippen LogP contribution < -0.4 is 5.73 Å². The highest BCUT2D eigenvalue weighted by Gasteiger charge is 2.17. The van der Waals surface area contributed by atoms with Crippen LogP contribution in [0.1, 0.15) is 31.6 Å². The van der Waals surface area contributed by atoms with Crippen LogP contribution in [0.5, 0.6) is 0 Å².